The molecule has 1 aromatic heterocycles. The van der Waals surface area contributed by atoms with Crippen molar-refractivity contribution in [3.8, 4) is 0 Å². The van der Waals surface area contributed by atoms with E-state index in [9.17, 15) is 4.79 Å². The zero-order chi connectivity index (χ0) is 17.0. The summed E-state index contributed by atoms with van der Waals surface area (Å²) >= 11 is 0. The molecular weight excluding hydrogens is 292 g/mol. The Hall–Kier alpha value is -1.56. The Bertz CT molecular complexity index is 539. The lowest BCUT2D eigenvalue weighted by atomic mass is 10.1. The predicted octanol–water partition coefficient (Wildman–Crippen LogP) is 2.04. The summed E-state index contributed by atoms with van der Waals surface area (Å²) < 4.78 is 7.71. The second-order valence-corrected chi connectivity index (χ2v) is 6.84. The van der Waals surface area contributed by atoms with Gasteiger partial charge < -0.3 is 15.0 Å². The van der Waals surface area contributed by atoms with Gasteiger partial charge in [-0.3, -0.25) is 4.68 Å². The van der Waals surface area contributed by atoms with Crippen LogP contribution in [-0.4, -0.2) is 53.1 Å². The minimum Gasteiger partial charge on any atom is -0.376 e. The highest BCUT2D eigenvalue weighted by Crippen LogP contribution is 2.14. The summed E-state index contributed by atoms with van der Waals surface area (Å²) in [6.45, 7) is 11.2. The average molecular weight is 322 g/mol. The van der Waals surface area contributed by atoms with Crippen molar-refractivity contribution in [2.75, 3.05) is 26.2 Å². The SMILES string of the molecule is Cc1nn(C)c(C)c1CCNC(=O)N1CCC(OCC(C)C)C1. The van der Waals surface area contributed by atoms with Gasteiger partial charge in [-0.25, -0.2) is 4.79 Å². The summed E-state index contributed by atoms with van der Waals surface area (Å²) in [5.74, 6) is 0.531. The highest BCUT2D eigenvalue weighted by Gasteiger charge is 2.26. The number of aromatic nitrogens is 2. The molecule has 0 radical (unpaired) electrons. The van der Waals surface area contributed by atoms with Gasteiger partial charge in [-0.2, -0.15) is 5.10 Å². The van der Waals surface area contributed by atoms with Gasteiger partial charge in [-0.15, -0.1) is 0 Å². The molecule has 2 rings (SSSR count). The highest BCUT2D eigenvalue weighted by atomic mass is 16.5. The molecule has 6 heteroatoms. The molecule has 1 N–H and O–H groups in total. The van der Waals surface area contributed by atoms with E-state index in [1.165, 1.54) is 11.3 Å². The van der Waals surface area contributed by atoms with Gasteiger partial charge >= 0.3 is 6.03 Å². The molecule has 0 saturated carbocycles. The van der Waals surface area contributed by atoms with Crippen molar-refractivity contribution in [2.45, 2.75) is 46.6 Å². The number of hydrogen-bond donors (Lipinski definition) is 1. The molecule has 6 nitrogen and oxygen atoms in total. The van der Waals surface area contributed by atoms with Crippen LogP contribution in [0.2, 0.25) is 0 Å². The van der Waals surface area contributed by atoms with Crippen molar-refractivity contribution in [3.63, 3.8) is 0 Å². The molecule has 1 aliphatic rings. The summed E-state index contributed by atoms with van der Waals surface area (Å²) in [5, 5.41) is 7.42. The molecule has 23 heavy (non-hydrogen) atoms. The minimum atomic E-state index is 0.0137. The molecule has 0 aromatic carbocycles. The van der Waals surface area contributed by atoms with Gasteiger partial charge in [0.05, 0.1) is 11.8 Å². The van der Waals surface area contributed by atoms with Crippen LogP contribution in [0.3, 0.4) is 0 Å². The number of ether oxygens (including phenoxy) is 1. The van der Waals surface area contributed by atoms with E-state index in [0.717, 1.165) is 31.7 Å². The van der Waals surface area contributed by atoms with Gasteiger partial charge in [0.15, 0.2) is 0 Å². The average Bonchev–Trinajstić information content (AvgIpc) is 3.05. The van der Waals surface area contributed by atoms with Crippen molar-refractivity contribution < 1.29 is 9.53 Å². The van der Waals surface area contributed by atoms with Gasteiger partial charge in [0.1, 0.15) is 0 Å². The number of aryl methyl sites for hydroxylation is 2. The largest absolute Gasteiger partial charge is 0.376 e. The van der Waals surface area contributed by atoms with Crippen LogP contribution in [-0.2, 0) is 18.2 Å². The quantitative estimate of drug-likeness (QED) is 0.872. The topological polar surface area (TPSA) is 59.4 Å². The molecule has 0 aliphatic carbocycles. The van der Waals surface area contributed by atoms with Crippen molar-refractivity contribution in [2.24, 2.45) is 13.0 Å². The molecule has 1 aromatic rings. The first-order valence-electron chi connectivity index (χ1n) is 8.52. The van der Waals surface area contributed by atoms with Crippen LogP contribution in [0.5, 0.6) is 0 Å². The van der Waals surface area contributed by atoms with Crippen LogP contribution in [0, 0.1) is 19.8 Å². The number of likely N-dealkylation sites (tertiary alicyclic amines) is 1. The lowest BCUT2D eigenvalue weighted by Crippen LogP contribution is -2.40. The normalized spacial score (nSPS) is 18.0. The first-order chi connectivity index (χ1) is 10.9. The van der Waals surface area contributed by atoms with Crippen LogP contribution < -0.4 is 5.32 Å². The maximum Gasteiger partial charge on any atom is 0.317 e. The third-order valence-electron chi connectivity index (χ3n) is 4.41. The van der Waals surface area contributed by atoms with E-state index in [1.54, 1.807) is 0 Å². The Kier molecular flexibility index (Phi) is 6.04. The van der Waals surface area contributed by atoms with E-state index >= 15 is 0 Å². The van der Waals surface area contributed by atoms with Crippen LogP contribution >= 0.6 is 0 Å². The first kappa shape index (κ1) is 17.8. The van der Waals surface area contributed by atoms with Crippen LogP contribution in [0.1, 0.15) is 37.2 Å². The molecule has 1 fully saturated rings. The van der Waals surface area contributed by atoms with Gasteiger partial charge in [-0.1, -0.05) is 13.8 Å². The number of carbonyl (C=O) groups is 1. The molecule has 0 spiro atoms. The third kappa shape index (κ3) is 4.70. The first-order valence-corrected chi connectivity index (χ1v) is 8.52. The van der Waals surface area contributed by atoms with Crippen LogP contribution in [0.4, 0.5) is 4.79 Å². The molecule has 1 aliphatic heterocycles. The van der Waals surface area contributed by atoms with Gasteiger partial charge in [0.25, 0.3) is 0 Å². The van der Waals surface area contributed by atoms with Crippen LogP contribution in [0.25, 0.3) is 0 Å². The molecule has 130 valence electrons. The Morgan fingerprint density at radius 2 is 2.17 bits per heavy atom. The Morgan fingerprint density at radius 1 is 1.43 bits per heavy atom. The Morgan fingerprint density at radius 3 is 2.78 bits per heavy atom. The summed E-state index contributed by atoms with van der Waals surface area (Å²) in [6, 6.07) is 0.0137. The zero-order valence-electron chi connectivity index (χ0n) is 15.1. The van der Waals surface area contributed by atoms with E-state index in [4.69, 9.17) is 4.74 Å². The van der Waals surface area contributed by atoms with E-state index in [2.05, 4.69) is 31.2 Å². The van der Waals surface area contributed by atoms with Crippen LogP contribution in [0.15, 0.2) is 0 Å². The highest BCUT2D eigenvalue weighted by molar-refractivity contribution is 5.74. The van der Waals surface area contributed by atoms with E-state index in [1.807, 2.05) is 23.6 Å². The number of hydrogen-bond acceptors (Lipinski definition) is 3. The fourth-order valence-corrected chi connectivity index (χ4v) is 2.96. The lowest BCUT2D eigenvalue weighted by molar-refractivity contribution is 0.0436. The van der Waals surface area contributed by atoms with Crippen molar-refractivity contribution in [3.05, 3.63) is 17.0 Å². The van der Waals surface area contributed by atoms with Gasteiger partial charge in [0.2, 0.25) is 0 Å². The summed E-state index contributed by atoms with van der Waals surface area (Å²) in [7, 11) is 1.95. The van der Waals surface area contributed by atoms with E-state index < -0.39 is 0 Å². The monoisotopic (exact) mass is 322 g/mol. The smallest absolute Gasteiger partial charge is 0.317 e. The van der Waals surface area contributed by atoms with Gasteiger partial charge in [-0.05, 0) is 38.2 Å². The number of nitrogens with one attached hydrogen (secondary N) is 1. The third-order valence-corrected chi connectivity index (χ3v) is 4.41. The number of urea groups is 1. The number of nitrogens with zero attached hydrogens (tertiary/aromatic N) is 3. The molecule has 1 atom stereocenters. The van der Waals surface area contributed by atoms with Crippen molar-refractivity contribution >= 4 is 6.03 Å². The van der Waals surface area contributed by atoms with E-state index in [-0.39, 0.29) is 12.1 Å². The molecule has 1 unspecified atom stereocenters. The summed E-state index contributed by atoms with van der Waals surface area (Å²) in [5.41, 5.74) is 3.44. The lowest BCUT2D eigenvalue weighted by Gasteiger charge is -2.18. The number of carbonyl (C=O) groups excluding carboxylic acids is 1. The second kappa shape index (κ2) is 7.81. The zero-order valence-corrected chi connectivity index (χ0v) is 15.1. The molecule has 2 amide bonds. The molecule has 2 heterocycles. The number of amides is 2. The molecular formula is C17H30N4O2. The molecule has 1 saturated heterocycles. The standard InChI is InChI=1S/C17H30N4O2/c1-12(2)11-23-15-7-9-21(10-15)17(22)18-8-6-16-13(3)19-20(5)14(16)4/h12,15H,6-11H2,1-5H3,(H,18,22). The summed E-state index contributed by atoms with van der Waals surface area (Å²) in [6.07, 6.45) is 1.94. The van der Waals surface area contributed by atoms with Crippen molar-refractivity contribution in [1.82, 2.24) is 20.0 Å². The molecule has 0 bridgehead atoms. The minimum absolute atomic E-state index is 0.0137. The summed E-state index contributed by atoms with van der Waals surface area (Å²) in [4.78, 5) is 14.1. The second-order valence-electron chi connectivity index (χ2n) is 6.84. The van der Waals surface area contributed by atoms with Crippen molar-refractivity contribution in [1.29, 1.82) is 0 Å². The van der Waals surface area contributed by atoms with Gasteiger partial charge in [0, 0.05) is 39.0 Å². The maximum atomic E-state index is 12.2. The fraction of sp³-hybridized carbons (Fsp3) is 0.765. The number of rotatable bonds is 6. The Balaban J connectivity index is 1.73. The fourth-order valence-electron chi connectivity index (χ4n) is 2.96. The Labute approximate surface area is 139 Å². The maximum absolute atomic E-state index is 12.2. The predicted molar refractivity (Wildman–Crippen MR) is 90.6 cm³/mol. The van der Waals surface area contributed by atoms with E-state index in [0.29, 0.717) is 19.0 Å².